The summed E-state index contributed by atoms with van der Waals surface area (Å²) in [5.41, 5.74) is 0.689. The molecule has 1 aromatic heterocycles. The SMILES string of the molecule is CC1(C)OB(c2cc(F)c3cnn(C4CCCC4)c3c2)OC1(C)C. The van der Waals surface area contributed by atoms with Gasteiger partial charge in [-0.25, -0.2) is 4.39 Å². The van der Waals surface area contributed by atoms with Crippen LogP contribution in [0, 0.1) is 5.82 Å². The van der Waals surface area contributed by atoms with Crippen LogP contribution in [0.15, 0.2) is 18.3 Å². The number of hydrogen-bond acceptors (Lipinski definition) is 3. The minimum Gasteiger partial charge on any atom is -0.399 e. The Balaban J connectivity index is 1.76. The van der Waals surface area contributed by atoms with Gasteiger partial charge >= 0.3 is 7.12 Å². The van der Waals surface area contributed by atoms with Crippen LogP contribution >= 0.6 is 0 Å². The highest BCUT2D eigenvalue weighted by molar-refractivity contribution is 6.62. The third-order valence-corrected chi connectivity index (χ3v) is 5.88. The van der Waals surface area contributed by atoms with Crippen molar-refractivity contribution in [2.45, 2.75) is 70.6 Å². The summed E-state index contributed by atoms with van der Waals surface area (Å²) in [6, 6.07) is 3.87. The first-order chi connectivity index (χ1) is 11.3. The van der Waals surface area contributed by atoms with Crippen LogP contribution in [0.3, 0.4) is 0 Å². The molecule has 2 aromatic rings. The quantitative estimate of drug-likeness (QED) is 0.790. The van der Waals surface area contributed by atoms with Gasteiger partial charge in [-0.15, -0.1) is 0 Å². The molecule has 6 heteroatoms. The molecule has 1 saturated carbocycles. The minimum atomic E-state index is -0.555. The van der Waals surface area contributed by atoms with Gasteiger partial charge in [0.15, 0.2) is 0 Å². The zero-order valence-corrected chi connectivity index (χ0v) is 14.8. The van der Waals surface area contributed by atoms with Crippen molar-refractivity contribution in [1.29, 1.82) is 0 Å². The molecule has 4 nitrogen and oxygen atoms in total. The Bertz CT molecular complexity index is 765. The first kappa shape index (κ1) is 16.1. The van der Waals surface area contributed by atoms with Gasteiger partial charge in [0, 0.05) is 0 Å². The van der Waals surface area contributed by atoms with Crippen molar-refractivity contribution in [2.24, 2.45) is 0 Å². The van der Waals surface area contributed by atoms with Crippen LogP contribution < -0.4 is 5.46 Å². The van der Waals surface area contributed by atoms with E-state index in [2.05, 4.69) is 5.10 Å². The molecule has 24 heavy (non-hydrogen) atoms. The smallest absolute Gasteiger partial charge is 0.399 e. The standard InChI is InChI=1S/C18H24BFN2O2/c1-17(2)18(3,4)24-19(23-17)12-9-15(20)14-11-21-22(16(14)10-12)13-7-5-6-8-13/h9-11,13H,5-8H2,1-4H3. The molecular weight excluding hydrogens is 306 g/mol. The largest absolute Gasteiger partial charge is 0.495 e. The summed E-state index contributed by atoms with van der Waals surface area (Å²) in [5.74, 6) is -0.263. The number of hydrogen-bond donors (Lipinski definition) is 0. The summed E-state index contributed by atoms with van der Waals surface area (Å²) in [6.07, 6.45) is 6.28. The third kappa shape index (κ3) is 2.39. The second kappa shape index (κ2) is 5.30. The fourth-order valence-electron chi connectivity index (χ4n) is 3.68. The van der Waals surface area contributed by atoms with Crippen LogP contribution in [-0.4, -0.2) is 28.1 Å². The first-order valence-corrected chi connectivity index (χ1v) is 8.81. The Morgan fingerprint density at radius 3 is 2.38 bits per heavy atom. The van der Waals surface area contributed by atoms with Gasteiger partial charge in [-0.2, -0.15) is 5.10 Å². The van der Waals surface area contributed by atoms with Gasteiger partial charge in [-0.1, -0.05) is 12.8 Å². The molecule has 1 aliphatic carbocycles. The summed E-state index contributed by atoms with van der Waals surface area (Å²) in [5, 5.41) is 5.03. The monoisotopic (exact) mass is 330 g/mol. The molecule has 1 aliphatic heterocycles. The maximum absolute atomic E-state index is 14.6. The van der Waals surface area contributed by atoms with Crippen molar-refractivity contribution in [3.05, 3.63) is 24.1 Å². The van der Waals surface area contributed by atoms with Crippen LogP contribution in [0.2, 0.25) is 0 Å². The molecule has 2 heterocycles. The Labute approximate surface area is 142 Å². The highest BCUT2D eigenvalue weighted by Crippen LogP contribution is 2.37. The van der Waals surface area contributed by atoms with E-state index in [0.29, 0.717) is 11.4 Å². The lowest BCUT2D eigenvalue weighted by Crippen LogP contribution is -2.41. The van der Waals surface area contributed by atoms with Crippen molar-refractivity contribution >= 4 is 23.5 Å². The van der Waals surface area contributed by atoms with Gasteiger partial charge in [0.05, 0.1) is 34.3 Å². The van der Waals surface area contributed by atoms with Gasteiger partial charge in [0.25, 0.3) is 0 Å². The minimum absolute atomic E-state index is 0.263. The molecule has 2 fully saturated rings. The predicted octanol–water partition coefficient (Wildman–Crippen LogP) is 3.59. The van der Waals surface area contributed by atoms with Crippen LogP contribution in [0.25, 0.3) is 10.9 Å². The number of aromatic nitrogens is 2. The molecule has 0 unspecified atom stereocenters. The van der Waals surface area contributed by atoms with Crippen LogP contribution in [-0.2, 0) is 9.31 Å². The third-order valence-electron chi connectivity index (χ3n) is 5.88. The number of halogens is 1. The molecule has 0 radical (unpaired) electrons. The molecule has 128 valence electrons. The Morgan fingerprint density at radius 1 is 1.12 bits per heavy atom. The lowest BCUT2D eigenvalue weighted by Gasteiger charge is -2.32. The van der Waals surface area contributed by atoms with E-state index in [9.17, 15) is 4.39 Å². The van der Waals surface area contributed by atoms with Crippen molar-refractivity contribution < 1.29 is 13.7 Å². The summed E-state index contributed by atoms with van der Waals surface area (Å²) >= 11 is 0. The number of benzene rings is 1. The Hall–Kier alpha value is -1.40. The summed E-state index contributed by atoms with van der Waals surface area (Å²) in [6.45, 7) is 8.02. The van der Waals surface area contributed by atoms with Gasteiger partial charge < -0.3 is 9.31 Å². The van der Waals surface area contributed by atoms with Crippen molar-refractivity contribution in [1.82, 2.24) is 9.78 Å². The van der Waals surface area contributed by atoms with E-state index in [0.717, 1.165) is 23.8 Å². The average Bonchev–Trinajstić information content (AvgIpc) is 3.17. The highest BCUT2D eigenvalue weighted by Gasteiger charge is 2.51. The second-order valence-electron chi connectivity index (χ2n) is 8.05. The summed E-state index contributed by atoms with van der Waals surface area (Å²) in [7, 11) is -0.555. The topological polar surface area (TPSA) is 36.3 Å². The molecule has 0 bridgehead atoms. The lowest BCUT2D eigenvalue weighted by atomic mass is 9.78. The maximum atomic E-state index is 14.6. The van der Waals surface area contributed by atoms with Crippen LogP contribution in [0.1, 0.15) is 59.4 Å². The van der Waals surface area contributed by atoms with E-state index >= 15 is 0 Å². The lowest BCUT2D eigenvalue weighted by molar-refractivity contribution is 0.00578. The number of nitrogens with zero attached hydrogens (tertiary/aromatic N) is 2. The molecule has 2 aliphatic rings. The van der Waals surface area contributed by atoms with Crippen LogP contribution in [0.4, 0.5) is 4.39 Å². The molecule has 1 saturated heterocycles. The van der Waals surface area contributed by atoms with Gasteiger partial charge in [0.2, 0.25) is 0 Å². The van der Waals surface area contributed by atoms with Crippen molar-refractivity contribution in [3.8, 4) is 0 Å². The van der Waals surface area contributed by atoms with E-state index < -0.39 is 18.3 Å². The van der Waals surface area contributed by atoms with Gasteiger partial charge in [-0.05, 0) is 58.1 Å². The van der Waals surface area contributed by atoms with E-state index in [-0.39, 0.29) is 5.82 Å². The van der Waals surface area contributed by atoms with Crippen molar-refractivity contribution in [2.75, 3.05) is 0 Å². The molecular formula is C18H24BFN2O2. The predicted molar refractivity (Wildman–Crippen MR) is 92.9 cm³/mol. The second-order valence-corrected chi connectivity index (χ2v) is 8.05. The average molecular weight is 330 g/mol. The van der Waals surface area contributed by atoms with E-state index in [4.69, 9.17) is 9.31 Å². The Morgan fingerprint density at radius 2 is 1.75 bits per heavy atom. The molecule has 0 amide bonds. The molecule has 0 N–H and O–H groups in total. The Kier molecular flexibility index (Phi) is 3.55. The molecule has 1 aromatic carbocycles. The van der Waals surface area contributed by atoms with E-state index in [1.165, 1.54) is 18.9 Å². The molecule has 0 atom stereocenters. The van der Waals surface area contributed by atoms with Crippen LogP contribution in [0.5, 0.6) is 0 Å². The fraction of sp³-hybridized carbons (Fsp3) is 0.611. The normalized spacial score (nSPS) is 23.5. The molecule has 4 rings (SSSR count). The van der Waals surface area contributed by atoms with E-state index in [1.54, 1.807) is 6.20 Å². The zero-order chi connectivity index (χ0) is 17.1. The fourth-order valence-corrected chi connectivity index (χ4v) is 3.68. The first-order valence-electron chi connectivity index (χ1n) is 8.81. The van der Waals surface area contributed by atoms with Gasteiger partial charge in [-0.3, -0.25) is 4.68 Å². The molecule has 0 spiro atoms. The van der Waals surface area contributed by atoms with E-state index in [1.807, 2.05) is 38.4 Å². The highest BCUT2D eigenvalue weighted by atomic mass is 19.1. The zero-order valence-electron chi connectivity index (χ0n) is 14.8. The number of rotatable bonds is 2. The van der Waals surface area contributed by atoms with Crippen molar-refractivity contribution in [3.63, 3.8) is 0 Å². The maximum Gasteiger partial charge on any atom is 0.495 e. The summed E-state index contributed by atoms with van der Waals surface area (Å²) < 4.78 is 28.8. The number of fused-ring (bicyclic) bond motifs is 1. The summed E-state index contributed by atoms with van der Waals surface area (Å²) in [4.78, 5) is 0. The van der Waals surface area contributed by atoms with Gasteiger partial charge in [0.1, 0.15) is 5.82 Å².